The summed E-state index contributed by atoms with van der Waals surface area (Å²) in [5, 5.41) is 0. The van der Waals surface area contributed by atoms with E-state index in [1.165, 1.54) is 17.3 Å². The number of nitrogens with two attached hydrogens (primary N) is 1. The van der Waals surface area contributed by atoms with Gasteiger partial charge in [-0.2, -0.15) is 0 Å². The average molecular weight is 253 g/mol. The first-order valence-electron chi connectivity index (χ1n) is 4.95. The van der Waals surface area contributed by atoms with Crippen molar-refractivity contribution in [1.29, 1.82) is 0 Å². The first kappa shape index (κ1) is 13.3. The number of aromatic nitrogens is 2. The molecule has 0 aliphatic rings. The Morgan fingerprint density at radius 2 is 2.00 bits per heavy atom. The Kier molecular flexibility index (Phi) is 4.33. The number of likely N-dealkylation sites (N-methyl/N-ethyl adjacent to an activating group) is 2. The van der Waals surface area contributed by atoms with Crippen molar-refractivity contribution in [2.75, 3.05) is 32.6 Å². The fourth-order valence-corrected chi connectivity index (χ4v) is 1.18. The number of amides is 1. The van der Waals surface area contributed by atoms with Crippen molar-refractivity contribution in [3.8, 4) is 0 Å². The molecule has 0 unspecified atom stereocenters. The average Bonchev–Trinajstić information content (AvgIpc) is 2.28. The van der Waals surface area contributed by atoms with Gasteiger partial charge in [0, 0.05) is 21.1 Å². The van der Waals surface area contributed by atoms with Gasteiger partial charge in [-0.25, -0.2) is 9.97 Å². The number of nitrogens with zero attached hydrogens (tertiary/aromatic N) is 4. The summed E-state index contributed by atoms with van der Waals surface area (Å²) in [5.41, 5.74) is 5.88. The first-order valence-corrected chi connectivity index (χ1v) is 5.35. The van der Waals surface area contributed by atoms with E-state index < -0.39 is 0 Å². The minimum absolute atomic E-state index is 0.00674. The largest absolute Gasteiger partial charge is 0.388 e. The number of carbonyl (C=O) groups is 1. The molecule has 1 heterocycles. The smallest absolute Gasteiger partial charge is 0.241 e. The second-order valence-electron chi connectivity index (χ2n) is 3.77. The molecule has 0 radical (unpaired) electrons. The molecular weight excluding hydrogens is 238 g/mol. The Balaban J connectivity index is 2.73. The molecule has 1 aromatic heterocycles. The molecule has 1 aromatic rings. The Morgan fingerprint density at radius 1 is 1.35 bits per heavy atom. The van der Waals surface area contributed by atoms with E-state index in [0.29, 0.717) is 11.5 Å². The van der Waals surface area contributed by atoms with E-state index in [2.05, 4.69) is 9.97 Å². The van der Waals surface area contributed by atoms with Crippen LogP contribution in [0, 0.1) is 0 Å². The number of thiocarbonyl (C=S) groups is 1. The zero-order chi connectivity index (χ0) is 13.0. The normalized spacial score (nSPS) is 9.82. The number of rotatable bonds is 4. The van der Waals surface area contributed by atoms with Crippen molar-refractivity contribution in [3.05, 3.63) is 18.1 Å². The summed E-state index contributed by atoms with van der Waals surface area (Å²) in [5.74, 6) is 0.591. The van der Waals surface area contributed by atoms with Crippen LogP contribution in [0.25, 0.3) is 0 Å². The zero-order valence-electron chi connectivity index (χ0n) is 10.0. The molecule has 2 N–H and O–H groups in total. The van der Waals surface area contributed by atoms with E-state index >= 15 is 0 Å². The number of hydrogen-bond donors (Lipinski definition) is 1. The Hall–Kier alpha value is -1.76. The van der Waals surface area contributed by atoms with E-state index in [4.69, 9.17) is 18.0 Å². The molecule has 0 atom stereocenters. The molecule has 0 spiro atoms. The lowest BCUT2D eigenvalue weighted by molar-refractivity contribution is -0.127. The lowest BCUT2D eigenvalue weighted by Crippen LogP contribution is -2.34. The quantitative estimate of drug-likeness (QED) is 0.738. The molecule has 0 aliphatic carbocycles. The zero-order valence-corrected chi connectivity index (χ0v) is 10.9. The van der Waals surface area contributed by atoms with Crippen LogP contribution in [0.3, 0.4) is 0 Å². The number of carbonyl (C=O) groups excluding carboxylic acids is 1. The SMILES string of the molecule is CN(C)C(=O)CN(C)c1cnc(C(N)=S)cn1. The molecular formula is C10H15N5OS. The van der Waals surface area contributed by atoms with E-state index in [-0.39, 0.29) is 17.4 Å². The van der Waals surface area contributed by atoms with Crippen LogP contribution in [0.5, 0.6) is 0 Å². The molecule has 0 aromatic carbocycles. The van der Waals surface area contributed by atoms with Crippen molar-refractivity contribution >= 4 is 28.9 Å². The molecule has 92 valence electrons. The van der Waals surface area contributed by atoms with Crippen molar-refractivity contribution in [3.63, 3.8) is 0 Å². The van der Waals surface area contributed by atoms with Crippen LogP contribution in [-0.4, -0.2) is 53.5 Å². The van der Waals surface area contributed by atoms with Crippen LogP contribution >= 0.6 is 12.2 Å². The second-order valence-corrected chi connectivity index (χ2v) is 4.21. The van der Waals surface area contributed by atoms with Crippen molar-refractivity contribution in [2.45, 2.75) is 0 Å². The molecule has 0 saturated heterocycles. The Morgan fingerprint density at radius 3 is 2.41 bits per heavy atom. The van der Waals surface area contributed by atoms with Gasteiger partial charge in [0.15, 0.2) is 0 Å². The highest BCUT2D eigenvalue weighted by Gasteiger charge is 2.10. The van der Waals surface area contributed by atoms with Gasteiger partial charge in [-0.15, -0.1) is 0 Å². The molecule has 6 nitrogen and oxygen atoms in total. The fourth-order valence-electron chi connectivity index (χ4n) is 1.07. The molecule has 7 heteroatoms. The van der Waals surface area contributed by atoms with Crippen molar-refractivity contribution in [1.82, 2.24) is 14.9 Å². The minimum Gasteiger partial charge on any atom is -0.388 e. The number of hydrogen-bond acceptors (Lipinski definition) is 5. The molecule has 0 fully saturated rings. The monoisotopic (exact) mass is 253 g/mol. The van der Waals surface area contributed by atoms with Gasteiger partial charge in [0.2, 0.25) is 5.91 Å². The highest BCUT2D eigenvalue weighted by atomic mass is 32.1. The van der Waals surface area contributed by atoms with Gasteiger partial charge in [-0.3, -0.25) is 4.79 Å². The Bertz CT molecular complexity index is 417. The lowest BCUT2D eigenvalue weighted by atomic mass is 10.4. The van der Waals surface area contributed by atoms with E-state index in [1.807, 2.05) is 0 Å². The van der Waals surface area contributed by atoms with E-state index in [0.717, 1.165) is 0 Å². The van der Waals surface area contributed by atoms with Crippen LogP contribution in [-0.2, 0) is 4.79 Å². The maximum atomic E-state index is 11.5. The van der Waals surface area contributed by atoms with Gasteiger partial charge in [0.25, 0.3) is 0 Å². The van der Waals surface area contributed by atoms with Gasteiger partial charge >= 0.3 is 0 Å². The molecule has 1 amide bonds. The molecule has 0 aliphatic heterocycles. The first-order chi connectivity index (χ1) is 7.91. The van der Waals surface area contributed by atoms with E-state index in [1.54, 1.807) is 26.0 Å². The fraction of sp³-hybridized carbons (Fsp3) is 0.400. The second kappa shape index (κ2) is 5.53. The number of anilines is 1. The molecule has 0 bridgehead atoms. The van der Waals surface area contributed by atoms with Crippen molar-refractivity contribution in [2.24, 2.45) is 5.73 Å². The lowest BCUT2D eigenvalue weighted by Gasteiger charge is -2.19. The van der Waals surface area contributed by atoms with E-state index in [9.17, 15) is 4.79 Å². The highest BCUT2D eigenvalue weighted by Crippen LogP contribution is 2.06. The summed E-state index contributed by atoms with van der Waals surface area (Å²) in [7, 11) is 5.18. The maximum absolute atomic E-state index is 11.5. The summed E-state index contributed by atoms with van der Waals surface area (Å²) in [6.07, 6.45) is 3.03. The van der Waals surface area contributed by atoms with Gasteiger partial charge in [-0.1, -0.05) is 12.2 Å². The van der Waals surface area contributed by atoms with Crippen LogP contribution in [0.1, 0.15) is 5.69 Å². The summed E-state index contributed by atoms with van der Waals surface area (Å²) < 4.78 is 0. The molecule has 1 rings (SSSR count). The van der Waals surface area contributed by atoms with Gasteiger partial charge in [0.1, 0.15) is 16.5 Å². The summed E-state index contributed by atoms with van der Waals surface area (Å²) in [6, 6.07) is 0. The third-order valence-corrected chi connectivity index (χ3v) is 2.36. The summed E-state index contributed by atoms with van der Waals surface area (Å²) >= 11 is 4.78. The summed E-state index contributed by atoms with van der Waals surface area (Å²) in [6.45, 7) is 0.244. The predicted octanol–water partition coefficient (Wildman–Crippen LogP) is -0.365. The van der Waals surface area contributed by atoms with Crippen LogP contribution in [0.2, 0.25) is 0 Å². The van der Waals surface area contributed by atoms with Gasteiger partial charge in [0.05, 0.1) is 18.9 Å². The standard InChI is InChI=1S/C10H15N5OS/c1-14(2)9(16)6-15(3)8-5-12-7(4-13-8)10(11)17/h4-5H,6H2,1-3H3,(H2,11,17). The van der Waals surface area contributed by atoms with Gasteiger partial charge < -0.3 is 15.5 Å². The van der Waals surface area contributed by atoms with Crippen LogP contribution in [0.15, 0.2) is 12.4 Å². The summed E-state index contributed by atoms with van der Waals surface area (Å²) in [4.78, 5) is 23.1. The topological polar surface area (TPSA) is 75.4 Å². The van der Waals surface area contributed by atoms with Gasteiger partial charge in [-0.05, 0) is 0 Å². The van der Waals surface area contributed by atoms with Crippen LogP contribution in [0.4, 0.5) is 5.82 Å². The Labute approximate surface area is 105 Å². The predicted molar refractivity (Wildman–Crippen MR) is 69.9 cm³/mol. The highest BCUT2D eigenvalue weighted by molar-refractivity contribution is 7.80. The van der Waals surface area contributed by atoms with Crippen LogP contribution < -0.4 is 10.6 Å². The maximum Gasteiger partial charge on any atom is 0.241 e. The minimum atomic E-state index is -0.00674. The molecule has 0 saturated carbocycles. The molecule has 17 heavy (non-hydrogen) atoms. The third kappa shape index (κ3) is 3.63. The van der Waals surface area contributed by atoms with Crippen molar-refractivity contribution < 1.29 is 4.79 Å². The third-order valence-electron chi connectivity index (χ3n) is 2.15.